The summed E-state index contributed by atoms with van der Waals surface area (Å²) < 4.78 is 5.95. The van der Waals surface area contributed by atoms with E-state index in [-0.39, 0.29) is 6.03 Å². The predicted molar refractivity (Wildman–Crippen MR) is 139 cm³/mol. The van der Waals surface area contributed by atoms with Gasteiger partial charge in [-0.05, 0) is 29.3 Å². The Hall–Kier alpha value is -4.35. The summed E-state index contributed by atoms with van der Waals surface area (Å²) in [5.41, 5.74) is 4.15. The van der Waals surface area contributed by atoms with E-state index in [0.717, 1.165) is 27.8 Å². The van der Waals surface area contributed by atoms with Crippen molar-refractivity contribution in [1.29, 1.82) is 0 Å². The molecular formula is C29H19ClN2O3. The molecule has 2 heterocycles. The van der Waals surface area contributed by atoms with E-state index < -0.39 is 11.7 Å². The van der Waals surface area contributed by atoms with Gasteiger partial charge in [-0.25, -0.2) is 9.59 Å². The Morgan fingerprint density at radius 3 is 2.09 bits per heavy atom. The van der Waals surface area contributed by atoms with E-state index in [2.05, 4.69) is 10.6 Å². The molecule has 170 valence electrons. The fraction of sp³-hybridized carbons (Fsp3) is 0.0345. The van der Waals surface area contributed by atoms with Crippen LogP contribution in [0.15, 0.2) is 106 Å². The van der Waals surface area contributed by atoms with Crippen LogP contribution in [0, 0.1) is 0 Å². The van der Waals surface area contributed by atoms with Gasteiger partial charge in [0.1, 0.15) is 5.76 Å². The molecule has 4 aromatic carbocycles. The highest BCUT2D eigenvalue weighted by atomic mass is 35.5. The molecule has 0 radical (unpaired) electrons. The molecule has 1 aliphatic heterocycles. The largest absolute Gasteiger partial charge is 0.422 e. The average Bonchev–Trinajstić information content (AvgIpc) is 2.88. The minimum absolute atomic E-state index is 0.339. The van der Waals surface area contributed by atoms with Crippen LogP contribution < -0.4 is 16.3 Å². The molecule has 2 N–H and O–H groups in total. The second kappa shape index (κ2) is 8.46. The fourth-order valence-electron chi connectivity index (χ4n) is 4.67. The lowest BCUT2D eigenvalue weighted by Gasteiger charge is -2.29. The zero-order chi connectivity index (χ0) is 23.9. The number of anilines is 1. The maximum atomic E-state index is 13.3. The number of nitrogens with one attached hydrogen (secondary N) is 2. The third kappa shape index (κ3) is 3.66. The first-order valence-corrected chi connectivity index (χ1v) is 11.6. The summed E-state index contributed by atoms with van der Waals surface area (Å²) in [4.78, 5) is 25.9. The van der Waals surface area contributed by atoms with E-state index in [1.165, 1.54) is 0 Å². The van der Waals surface area contributed by atoms with Crippen LogP contribution in [-0.4, -0.2) is 6.03 Å². The van der Waals surface area contributed by atoms with E-state index in [0.29, 0.717) is 27.2 Å². The molecule has 35 heavy (non-hydrogen) atoms. The summed E-state index contributed by atoms with van der Waals surface area (Å²) in [5, 5.41) is 7.49. The lowest BCUT2D eigenvalue weighted by Crippen LogP contribution is -2.38. The fourth-order valence-corrected chi connectivity index (χ4v) is 4.91. The van der Waals surface area contributed by atoms with Gasteiger partial charge in [0.05, 0.1) is 11.4 Å². The van der Waals surface area contributed by atoms with Crippen LogP contribution in [0.3, 0.4) is 0 Å². The molecule has 5 aromatic rings. The first-order chi connectivity index (χ1) is 17.1. The van der Waals surface area contributed by atoms with Gasteiger partial charge in [-0.3, -0.25) is 0 Å². The lowest BCUT2D eigenvalue weighted by molar-refractivity contribution is 0.249. The zero-order valence-corrected chi connectivity index (χ0v) is 19.2. The van der Waals surface area contributed by atoms with Crippen LogP contribution in [0.5, 0.6) is 0 Å². The number of urea groups is 1. The Morgan fingerprint density at radius 2 is 1.37 bits per heavy atom. The van der Waals surface area contributed by atoms with Gasteiger partial charge in [0.25, 0.3) is 0 Å². The third-order valence-corrected chi connectivity index (χ3v) is 6.59. The van der Waals surface area contributed by atoms with Gasteiger partial charge in [0.15, 0.2) is 0 Å². The number of hydrogen-bond acceptors (Lipinski definition) is 3. The van der Waals surface area contributed by atoms with Crippen molar-refractivity contribution >= 4 is 34.1 Å². The molecule has 0 saturated heterocycles. The highest BCUT2D eigenvalue weighted by Crippen LogP contribution is 2.42. The SMILES string of the molecule is O=C1Nc2cc3c(-c4ccccc4)c(-c4ccccc4)oc(=O)c3cc2C(c2ccccc2Cl)N1. The number of amides is 2. The van der Waals surface area contributed by atoms with Gasteiger partial charge < -0.3 is 15.1 Å². The summed E-state index contributed by atoms with van der Waals surface area (Å²) in [7, 11) is 0. The van der Waals surface area contributed by atoms with Gasteiger partial charge in [0.2, 0.25) is 0 Å². The van der Waals surface area contributed by atoms with E-state index in [1.807, 2.05) is 84.9 Å². The van der Waals surface area contributed by atoms with Crippen LogP contribution in [0.1, 0.15) is 17.2 Å². The van der Waals surface area contributed by atoms with Crippen molar-refractivity contribution in [2.24, 2.45) is 0 Å². The van der Waals surface area contributed by atoms with E-state index in [9.17, 15) is 9.59 Å². The second-order valence-electron chi connectivity index (χ2n) is 8.36. The maximum Gasteiger partial charge on any atom is 0.344 e. The number of hydrogen-bond donors (Lipinski definition) is 2. The molecule has 5 nitrogen and oxygen atoms in total. The van der Waals surface area contributed by atoms with Crippen molar-refractivity contribution in [2.75, 3.05) is 5.32 Å². The standard InChI is InChI=1S/C29H19ClN2O3/c30-23-14-8-7-13-19(23)26-22-15-21-20(16-24(22)31-29(34)32-26)25(17-9-3-1-4-10-17)27(35-28(21)33)18-11-5-2-6-12-18/h1-16,26H,(H2,31,32,34). The van der Waals surface area contributed by atoms with Crippen LogP contribution in [0.25, 0.3) is 33.2 Å². The quantitative estimate of drug-likeness (QED) is 0.293. The van der Waals surface area contributed by atoms with E-state index in [1.54, 1.807) is 12.1 Å². The monoisotopic (exact) mass is 478 g/mol. The van der Waals surface area contributed by atoms with E-state index in [4.69, 9.17) is 16.0 Å². The number of rotatable bonds is 3. The van der Waals surface area contributed by atoms with Crippen molar-refractivity contribution in [1.82, 2.24) is 5.32 Å². The Labute approximate surface area is 206 Å². The number of fused-ring (bicyclic) bond motifs is 2. The Bertz CT molecular complexity index is 1650. The summed E-state index contributed by atoms with van der Waals surface area (Å²) in [6.07, 6.45) is 0. The molecule has 0 bridgehead atoms. The summed E-state index contributed by atoms with van der Waals surface area (Å²) in [6, 6.07) is 29.5. The van der Waals surface area contributed by atoms with Crippen molar-refractivity contribution in [2.45, 2.75) is 6.04 Å². The molecule has 2 amide bonds. The molecule has 0 fully saturated rings. The number of benzene rings is 4. The number of carbonyl (C=O) groups is 1. The third-order valence-electron chi connectivity index (χ3n) is 6.25. The molecule has 1 atom stereocenters. The Morgan fingerprint density at radius 1 is 0.714 bits per heavy atom. The molecular weight excluding hydrogens is 460 g/mol. The van der Waals surface area contributed by atoms with Crippen LogP contribution >= 0.6 is 11.6 Å². The van der Waals surface area contributed by atoms with Crippen molar-refractivity contribution in [3.63, 3.8) is 0 Å². The van der Waals surface area contributed by atoms with Gasteiger partial charge in [0, 0.05) is 32.8 Å². The number of halogens is 1. The molecule has 1 aliphatic rings. The molecule has 1 aromatic heterocycles. The second-order valence-corrected chi connectivity index (χ2v) is 8.77. The highest BCUT2D eigenvalue weighted by Gasteiger charge is 2.29. The van der Waals surface area contributed by atoms with Crippen molar-refractivity contribution in [3.8, 4) is 22.5 Å². The number of carbonyl (C=O) groups excluding carboxylic acids is 1. The molecule has 0 spiro atoms. The first kappa shape index (κ1) is 21.2. The van der Waals surface area contributed by atoms with Crippen LogP contribution in [0.4, 0.5) is 10.5 Å². The normalized spacial score (nSPS) is 14.8. The molecule has 6 rings (SSSR count). The topological polar surface area (TPSA) is 71.3 Å². The summed E-state index contributed by atoms with van der Waals surface area (Å²) >= 11 is 6.46. The van der Waals surface area contributed by atoms with Crippen LogP contribution in [0.2, 0.25) is 5.02 Å². The lowest BCUT2D eigenvalue weighted by atomic mass is 9.90. The van der Waals surface area contributed by atoms with Gasteiger partial charge in [-0.15, -0.1) is 0 Å². The minimum atomic E-state index is -0.509. The molecule has 1 unspecified atom stereocenters. The molecule has 6 heteroatoms. The smallest absolute Gasteiger partial charge is 0.344 e. The van der Waals surface area contributed by atoms with E-state index >= 15 is 0 Å². The van der Waals surface area contributed by atoms with Crippen molar-refractivity contribution < 1.29 is 9.21 Å². The maximum absolute atomic E-state index is 13.3. The summed E-state index contributed by atoms with van der Waals surface area (Å²) in [6.45, 7) is 0. The first-order valence-electron chi connectivity index (χ1n) is 11.2. The molecule has 0 aliphatic carbocycles. The Kier molecular flexibility index (Phi) is 5.12. The van der Waals surface area contributed by atoms with Gasteiger partial charge >= 0.3 is 11.7 Å². The molecule has 0 saturated carbocycles. The average molecular weight is 479 g/mol. The minimum Gasteiger partial charge on any atom is -0.422 e. The zero-order valence-electron chi connectivity index (χ0n) is 18.4. The highest BCUT2D eigenvalue weighted by molar-refractivity contribution is 6.31. The van der Waals surface area contributed by atoms with Crippen molar-refractivity contribution in [3.05, 3.63) is 124 Å². The summed E-state index contributed by atoms with van der Waals surface area (Å²) in [5.74, 6) is 0.483. The van der Waals surface area contributed by atoms with Gasteiger partial charge in [-0.2, -0.15) is 0 Å². The van der Waals surface area contributed by atoms with Gasteiger partial charge in [-0.1, -0.05) is 90.5 Å². The van der Waals surface area contributed by atoms with Crippen LogP contribution in [-0.2, 0) is 0 Å². The Balaban J connectivity index is 1.68. The predicted octanol–water partition coefficient (Wildman–Crippen LogP) is 7.00.